The number of esters is 1. The smallest absolute Gasteiger partial charge is 0.348 e. The first-order valence-corrected chi connectivity index (χ1v) is 7.40. The van der Waals surface area contributed by atoms with Crippen LogP contribution in [0.5, 0.6) is 0 Å². The van der Waals surface area contributed by atoms with E-state index >= 15 is 0 Å². The summed E-state index contributed by atoms with van der Waals surface area (Å²) in [6, 6.07) is 16.1. The predicted octanol–water partition coefficient (Wildman–Crippen LogP) is 3.89. The molecule has 0 N–H and O–H groups in total. The molecule has 23 heavy (non-hydrogen) atoms. The zero-order valence-electron chi connectivity index (χ0n) is 13.0. The van der Waals surface area contributed by atoms with Gasteiger partial charge in [0, 0.05) is 28.4 Å². The molecule has 3 rings (SSSR count). The molecule has 0 amide bonds. The number of carbonyl (C=O) groups excluding carboxylic acids is 1. The summed E-state index contributed by atoms with van der Waals surface area (Å²) in [5.41, 5.74) is 3.12. The minimum absolute atomic E-state index is 0.00826. The molecule has 0 fully saturated rings. The van der Waals surface area contributed by atoms with E-state index in [1.54, 1.807) is 6.08 Å². The second-order valence-electron chi connectivity index (χ2n) is 5.20. The summed E-state index contributed by atoms with van der Waals surface area (Å²) in [6.45, 7) is 3.00. The third-order valence-corrected chi connectivity index (χ3v) is 3.95. The van der Waals surface area contributed by atoms with Crippen LogP contribution < -0.4 is 0 Å². The van der Waals surface area contributed by atoms with Crippen molar-refractivity contribution >= 4 is 33.9 Å². The highest BCUT2D eigenvalue weighted by atomic mass is 16.5. The Kier molecular flexibility index (Phi) is 3.86. The molecule has 1 aromatic heterocycles. The highest BCUT2D eigenvalue weighted by Crippen LogP contribution is 2.30. The Balaban J connectivity index is 2.24. The summed E-state index contributed by atoms with van der Waals surface area (Å²) in [6.07, 6.45) is 1.56. The van der Waals surface area contributed by atoms with E-state index in [1.165, 1.54) is 12.6 Å². The number of nitrogens with zero attached hydrogens (tertiary/aromatic N) is 2. The molecule has 0 saturated heterocycles. The van der Waals surface area contributed by atoms with Gasteiger partial charge in [-0.25, -0.2) is 4.79 Å². The quantitative estimate of drug-likeness (QED) is 0.419. The lowest BCUT2D eigenvalue weighted by molar-refractivity contribution is -0.135. The number of carbonyl (C=O) groups is 1. The monoisotopic (exact) mass is 304 g/mol. The lowest BCUT2D eigenvalue weighted by atomic mass is 10.1. The van der Waals surface area contributed by atoms with E-state index < -0.39 is 5.97 Å². The van der Waals surface area contributed by atoms with Gasteiger partial charge in [0.25, 0.3) is 0 Å². The molecule has 0 radical (unpaired) electrons. The summed E-state index contributed by atoms with van der Waals surface area (Å²) < 4.78 is 6.87. The number of methoxy groups -OCH3 is 1. The number of hydrogen-bond donors (Lipinski definition) is 0. The lowest BCUT2D eigenvalue weighted by Gasteiger charge is -2.03. The van der Waals surface area contributed by atoms with Gasteiger partial charge in [0.2, 0.25) is 0 Å². The standard InChI is InChI=1S/C19H16N2O2/c1-3-21-17-7-5-4-6-15(17)16-11-13(8-9-18(16)21)10-14(12-20)19(22)23-2/h4-11H,3H2,1-2H3. The van der Waals surface area contributed by atoms with Crippen LogP contribution in [0.4, 0.5) is 0 Å². The highest BCUT2D eigenvalue weighted by Gasteiger charge is 2.11. The van der Waals surface area contributed by atoms with Crippen LogP contribution >= 0.6 is 0 Å². The number of nitriles is 1. The minimum atomic E-state index is -0.622. The van der Waals surface area contributed by atoms with Gasteiger partial charge in [0.1, 0.15) is 11.6 Å². The Bertz CT molecular complexity index is 974. The molecular weight excluding hydrogens is 288 g/mol. The van der Waals surface area contributed by atoms with Crippen molar-refractivity contribution in [3.8, 4) is 6.07 Å². The van der Waals surface area contributed by atoms with Crippen molar-refractivity contribution in [3.05, 3.63) is 53.6 Å². The first kappa shape index (κ1) is 14.9. The Labute approximate surface area is 134 Å². The predicted molar refractivity (Wildman–Crippen MR) is 90.7 cm³/mol. The number of rotatable bonds is 3. The zero-order valence-corrected chi connectivity index (χ0v) is 13.0. The van der Waals surface area contributed by atoms with E-state index in [1.807, 2.05) is 36.4 Å². The van der Waals surface area contributed by atoms with E-state index in [4.69, 9.17) is 5.26 Å². The SMILES string of the molecule is CCn1c2ccccc2c2cc(C=C(C#N)C(=O)OC)ccc21. The molecule has 2 aromatic carbocycles. The van der Waals surface area contributed by atoms with Gasteiger partial charge < -0.3 is 9.30 Å². The van der Waals surface area contributed by atoms with Gasteiger partial charge in [-0.15, -0.1) is 0 Å². The summed E-state index contributed by atoms with van der Waals surface area (Å²) in [4.78, 5) is 11.6. The Morgan fingerprint density at radius 1 is 1.22 bits per heavy atom. The second-order valence-corrected chi connectivity index (χ2v) is 5.20. The molecule has 0 spiro atoms. The average molecular weight is 304 g/mol. The topological polar surface area (TPSA) is 55.0 Å². The van der Waals surface area contributed by atoms with E-state index in [2.05, 4.69) is 28.4 Å². The second kappa shape index (κ2) is 5.98. The van der Waals surface area contributed by atoms with E-state index in [0.29, 0.717) is 0 Å². The normalized spacial score (nSPS) is 11.6. The third-order valence-electron chi connectivity index (χ3n) is 3.95. The van der Waals surface area contributed by atoms with Crippen molar-refractivity contribution in [3.63, 3.8) is 0 Å². The van der Waals surface area contributed by atoms with Gasteiger partial charge >= 0.3 is 5.97 Å². The summed E-state index contributed by atoms with van der Waals surface area (Å²) in [5, 5.41) is 11.4. The number of fused-ring (bicyclic) bond motifs is 3. The van der Waals surface area contributed by atoms with Crippen LogP contribution in [0, 0.1) is 11.3 Å². The molecular formula is C19H16N2O2. The summed E-state index contributed by atoms with van der Waals surface area (Å²) in [7, 11) is 1.27. The first-order valence-electron chi connectivity index (χ1n) is 7.40. The molecule has 114 valence electrons. The molecule has 3 aromatic rings. The number of aryl methyl sites for hydroxylation is 1. The average Bonchev–Trinajstić information content (AvgIpc) is 2.92. The maximum Gasteiger partial charge on any atom is 0.348 e. The Morgan fingerprint density at radius 2 is 1.96 bits per heavy atom. The van der Waals surface area contributed by atoms with Crippen LogP contribution in [-0.2, 0) is 16.1 Å². The lowest BCUT2D eigenvalue weighted by Crippen LogP contribution is -2.02. The van der Waals surface area contributed by atoms with Crippen molar-refractivity contribution in [2.45, 2.75) is 13.5 Å². The molecule has 1 heterocycles. The number of ether oxygens (including phenoxy) is 1. The maximum absolute atomic E-state index is 11.6. The van der Waals surface area contributed by atoms with Gasteiger partial charge in [0.05, 0.1) is 7.11 Å². The number of para-hydroxylation sites is 1. The summed E-state index contributed by atoms with van der Waals surface area (Å²) in [5.74, 6) is -0.622. The third kappa shape index (κ3) is 2.47. The number of hydrogen-bond acceptors (Lipinski definition) is 3. The van der Waals surface area contributed by atoms with Gasteiger partial charge in [0.15, 0.2) is 0 Å². The van der Waals surface area contributed by atoms with Crippen LogP contribution in [0.3, 0.4) is 0 Å². The van der Waals surface area contributed by atoms with Crippen LogP contribution in [0.1, 0.15) is 12.5 Å². The Hall–Kier alpha value is -3.06. The zero-order chi connectivity index (χ0) is 16.4. The molecule has 0 unspecified atom stereocenters. The fourth-order valence-corrected chi connectivity index (χ4v) is 2.92. The van der Waals surface area contributed by atoms with Crippen molar-refractivity contribution in [1.29, 1.82) is 5.26 Å². The van der Waals surface area contributed by atoms with Gasteiger partial charge in [-0.3, -0.25) is 0 Å². The van der Waals surface area contributed by atoms with Gasteiger partial charge in [-0.1, -0.05) is 24.3 Å². The van der Waals surface area contributed by atoms with Crippen LogP contribution in [0.2, 0.25) is 0 Å². The fraction of sp³-hybridized carbons (Fsp3) is 0.158. The van der Waals surface area contributed by atoms with Crippen LogP contribution in [0.15, 0.2) is 48.0 Å². The minimum Gasteiger partial charge on any atom is -0.465 e. The molecule has 0 saturated carbocycles. The molecule has 0 bridgehead atoms. The van der Waals surface area contributed by atoms with Crippen molar-refractivity contribution in [2.24, 2.45) is 0 Å². The van der Waals surface area contributed by atoms with E-state index in [9.17, 15) is 4.79 Å². The van der Waals surface area contributed by atoms with Crippen molar-refractivity contribution < 1.29 is 9.53 Å². The molecule has 0 atom stereocenters. The number of benzene rings is 2. The highest BCUT2D eigenvalue weighted by molar-refractivity contribution is 6.09. The molecule has 4 heteroatoms. The maximum atomic E-state index is 11.6. The van der Waals surface area contributed by atoms with Crippen LogP contribution in [0.25, 0.3) is 27.9 Å². The van der Waals surface area contributed by atoms with Gasteiger partial charge in [-0.05, 0) is 36.8 Å². The molecule has 0 aliphatic carbocycles. The van der Waals surface area contributed by atoms with Crippen LogP contribution in [-0.4, -0.2) is 17.6 Å². The molecule has 0 aliphatic rings. The van der Waals surface area contributed by atoms with Gasteiger partial charge in [-0.2, -0.15) is 5.26 Å². The van der Waals surface area contributed by atoms with Crippen molar-refractivity contribution in [1.82, 2.24) is 4.57 Å². The Morgan fingerprint density at radius 3 is 2.65 bits per heavy atom. The van der Waals surface area contributed by atoms with E-state index in [0.717, 1.165) is 28.4 Å². The molecule has 0 aliphatic heterocycles. The first-order chi connectivity index (χ1) is 11.2. The van der Waals surface area contributed by atoms with Crippen molar-refractivity contribution in [2.75, 3.05) is 7.11 Å². The fourth-order valence-electron chi connectivity index (χ4n) is 2.92. The largest absolute Gasteiger partial charge is 0.465 e. The van der Waals surface area contributed by atoms with E-state index in [-0.39, 0.29) is 5.57 Å². The number of aromatic nitrogens is 1. The summed E-state index contributed by atoms with van der Waals surface area (Å²) >= 11 is 0. The molecule has 4 nitrogen and oxygen atoms in total.